The zero-order chi connectivity index (χ0) is 21.3. The molecule has 0 unspecified atom stereocenters. The van der Waals surface area contributed by atoms with Crippen molar-refractivity contribution in [1.29, 1.82) is 0 Å². The number of aliphatic carboxylic acids is 1. The minimum atomic E-state index is -0.906. The third-order valence-electron chi connectivity index (χ3n) is 5.47. The number of rotatable bonds is 8. The lowest BCUT2D eigenvalue weighted by atomic mass is 10.0. The molecule has 0 saturated carbocycles. The molecule has 0 aromatic heterocycles. The molecule has 1 saturated heterocycles. The van der Waals surface area contributed by atoms with Gasteiger partial charge in [0, 0.05) is 50.4 Å². The van der Waals surface area contributed by atoms with Gasteiger partial charge < -0.3 is 10.0 Å². The van der Waals surface area contributed by atoms with E-state index in [1.165, 1.54) is 17.2 Å². The van der Waals surface area contributed by atoms with Crippen molar-refractivity contribution >= 4 is 29.2 Å². The SMILES string of the molecule is C/C(=C\C(=O)O)c1ccc(CCN2CCN(C/C=C/c3ccc(Cl)cc3)CC2)cc1. The zero-order valence-corrected chi connectivity index (χ0v) is 18.2. The van der Waals surface area contributed by atoms with Gasteiger partial charge in [-0.05, 0) is 47.7 Å². The normalized spacial score (nSPS) is 16.3. The van der Waals surface area contributed by atoms with Crippen LogP contribution < -0.4 is 0 Å². The maximum atomic E-state index is 10.8. The van der Waals surface area contributed by atoms with E-state index in [-0.39, 0.29) is 0 Å². The second-order valence-corrected chi connectivity index (χ2v) is 8.15. The molecule has 1 aliphatic rings. The van der Waals surface area contributed by atoms with E-state index in [4.69, 9.17) is 16.7 Å². The quantitative estimate of drug-likeness (QED) is 0.624. The summed E-state index contributed by atoms with van der Waals surface area (Å²) in [6, 6.07) is 16.1. The summed E-state index contributed by atoms with van der Waals surface area (Å²) in [7, 11) is 0. The van der Waals surface area contributed by atoms with Crippen LogP contribution in [0.1, 0.15) is 23.6 Å². The maximum Gasteiger partial charge on any atom is 0.328 e. The predicted molar refractivity (Wildman–Crippen MR) is 125 cm³/mol. The van der Waals surface area contributed by atoms with Crippen molar-refractivity contribution in [2.45, 2.75) is 13.3 Å². The van der Waals surface area contributed by atoms with Crippen molar-refractivity contribution in [1.82, 2.24) is 9.80 Å². The Balaban J connectivity index is 1.38. The van der Waals surface area contributed by atoms with Crippen LogP contribution in [0, 0.1) is 0 Å². The third-order valence-corrected chi connectivity index (χ3v) is 5.73. The molecule has 4 nitrogen and oxygen atoms in total. The van der Waals surface area contributed by atoms with Gasteiger partial charge in [-0.25, -0.2) is 4.79 Å². The Morgan fingerprint density at radius 2 is 1.63 bits per heavy atom. The Morgan fingerprint density at radius 3 is 2.27 bits per heavy atom. The van der Waals surface area contributed by atoms with Gasteiger partial charge in [-0.15, -0.1) is 0 Å². The number of hydrogen-bond acceptors (Lipinski definition) is 3. The highest BCUT2D eigenvalue weighted by Crippen LogP contribution is 2.15. The van der Waals surface area contributed by atoms with Crippen molar-refractivity contribution in [3.05, 3.63) is 82.4 Å². The van der Waals surface area contributed by atoms with Crippen LogP contribution in [0.15, 0.2) is 60.7 Å². The first-order chi connectivity index (χ1) is 14.5. The van der Waals surface area contributed by atoms with Gasteiger partial charge in [0.25, 0.3) is 0 Å². The highest BCUT2D eigenvalue weighted by atomic mass is 35.5. The molecule has 2 aromatic carbocycles. The fraction of sp³-hybridized carbons (Fsp3) is 0.320. The van der Waals surface area contributed by atoms with Gasteiger partial charge in [-0.3, -0.25) is 4.90 Å². The van der Waals surface area contributed by atoms with E-state index < -0.39 is 5.97 Å². The number of allylic oxidation sites excluding steroid dienone is 1. The van der Waals surface area contributed by atoms with Crippen molar-refractivity contribution in [2.24, 2.45) is 0 Å². The van der Waals surface area contributed by atoms with Crippen molar-refractivity contribution in [2.75, 3.05) is 39.3 Å². The molecule has 2 aromatic rings. The standard InChI is InChI=1S/C25H29ClN2O2/c1-20(19-25(29)30)23-8-4-22(5-9-23)12-14-28-17-15-27(16-18-28)13-2-3-21-6-10-24(26)11-7-21/h2-11,19H,12-18H2,1H3,(H,29,30)/b3-2+,20-19+. The smallest absolute Gasteiger partial charge is 0.328 e. The molecular weight excluding hydrogens is 396 g/mol. The number of carboxylic acid groups (broad SMARTS) is 1. The lowest BCUT2D eigenvalue weighted by molar-refractivity contribution is -0.131. The minimum absolute atomic E-state index is 0.768. The molecule has 1 heterocycles. The highest BCUT2D eigenvalue weighted by Gasteiger charge is 2.15. The van der Waals surface area contributed by atoms with Crippen LogP contribution in [0.25, 0.3) is 11.6 Å². The van der Waals surface area contributed by atoms with Crippen LogP contribution >= 0.6 is 11.6 Å². The lowest BCUT2D eigenvalue weighted by Crippen LogP contribution is -2.46. The molecule has 1 N–H and O–H groups in total. The number of hydrogen-bond donors (Lipinski definition) is 1. The number of carboxylic acids is 1. The first-order valence-corrected chi connectivity index (χ1v) is 10.7. The van der Waals surface area contributed by atoms with Gasteiger partial charge in [0.2, 0.25) is 0 Å². The molecule has 0 atom stereocenters. The molecule has 0 aliphatic carbocycles. The summed E-state index contributed by atoms with van der Waals surface area (Å²) in [5.41, 5.74) is 4.20. The van der Waals surface area contributed by atoms with Crippen LogP contribution in [0.3, 0.4) is 0 Å². The minimum Gasteiger partial charge on any atom is -0.478 e. The topological polar surface area (TPSA) is 43.8 Å². The number of carbonyl (C=O) groups is 1. The van der Waals surface area contributed by atoms with Gasteiger partial charge >= 0.3 is 5.97 Å². The molecule has 0 spiro atoms. The van der Waals surface area contributed by atoms with Gasteiger partial charge in [0.05, 0.1) is 0 Å². The summed E-state index contributed by atoms with van der Waals surface area (Å²) in [6.45, 7) is 8.21. The van der Waals surface area contributed by atoms with Gasteiger partial charge in [0.15, 0.2) is 0 Å². The lowest BCUT2D eigenvalue weighted by Gasteiger charge is -2.34. The molecule has 158 valence electrons. The Labute approximate surface area is 184 Å². The molecule has 5 heteroatoms. The predicted octanol–water partition coefficient (Wildman–Crippen LogP) is 4.70. The number of halogens is 1. The van der Waals surface area contributed by atoms with E-state index in [1.807, 2.05) is 43.3 Å². The summed E-state index contributed by atoms with van der Waals surface area (Å²) in [5, 5.41) is 9.63. The molecular formula is C25H29ClN2O2. The number of piperazine rings is 1. The van der Waals surface area contributed by atoms with Gasteiger partial charge in [-0.1, -0.05) is 60.2 Å². The summed E-state index contributed by atoms with van der Waals surface area (Å²) < 4.78 is 0. The van der Waals surface area contributed by atoms with Crippen molar-refractivity contribution < 1.29 is 9.90 Å². The third kappa shape index (κ3) is 7.13. The second-order valence-electron chi connectivity index (χ2n) is 7.71. The average molecular weight is 425 g/mol. The van der Waals surface area contributed by atoms with Crippen LogP contribution in [-0.2, 0) is 11.2 Å². The Hall–Kier alpha value is -2.40. The fourth-order valence-electron chi connectivity index (χ4n) is 3.60. The summed E-state index contributed by atoms with van der Waals surface area (Å²) in [6.07, 6.45) is 6.64. The van der Waals surface area contributed by atoms with Crippen LogP contribution in [0.2, 0.25) is 5.02 Å². The van der Waals surface area contributed by atoms with Gasteiger partial charge in [-0.2, -0.15) is 0 Å². The largest absolute Gasteiger partial charge is 0.478 e. The average Bonchev–Trinajstić information content (AvgIpc) is 2.74. The van der Waals surface area contributed by atoms with Crippen LogP contribution in [-0.4, -0.2) is 60.1 Å². The maximum absolute atomic E-state index is 10.8. The molecule has 1 aliphatic heterocycles. The fourth-order valence-corrected chi connectivity index (χ4v) is 3.72. The Bertz CT molecular complexity index is 880. The molecule has 0 radical (unpaired) electrons. The first-order valence-electron chi connectivity index (χ1n) is 10.4. The Kier molecular flexibility index (Phi) is 8.26. The second kappa shape index (κ2) is 11.1. The van der Waals surface area contributed by atoms with Gasteiger partial charge in [0.1, 0.15) is 0 Å². The van der Waals surface area contributed by atoms with E-state index in [1.54, 1.807) is 0 Å². The van der Waals surface area contributed by atoms with Crippen molar-refractivity contribution in [3.63, 3.8) is 0 Å². The number of nitrogens with zero attached hydrogens (tertiary/aromatic N) is 2. The molecule has 0 bridgehead atoms. The summed E-state index contributed by atoms with van der Waals surface area (Å²) >= 11 is 5.92. The van der Waals surface area contributed by atoms with E-state index >= 15 is 0 Å². The van der Waals surface area contributed by atoms with Crippen LogP contribution in [0.5, 0.6) is 0 Å². The molecule has 30 heavy (non-hydrogen) atoms. The van der Waals surface area contributed by atoms with Crippen molar-refractivity contribution in [3.8, 4) is 0 Å². The molecule has 0 amide bonds. The molecule has 1 fully saturated rings. The van der Waals surface area contributed by atoms with E-state index in [9.17, 15) is 4.79 Å². The number of benzene rings is 2. The van der Waals surface area contributed by atoms with E-state index in [2.05, 4.69) is 34.1 Å². The highest BCUT2D eigenvalue weighted by molar-refractivity contribution is 6.30. The van der Waals surface area contributed by atoms with E-state index in [0.717, 1.165) is 61.8 Å². The zero-order valence-electron chi connectivity index (χ0n) is 17.4. The summed E-state index contributed by atoms with van der Waals surface area (Å²) in [5.74, 6) is -0.906. The summed E-state index contributed by atoms with van der Waals surface area (Å²) in [4.78, 5) is 15.8. The van der Waals surface area contributed by atoms with Crippen LogP contribution in [0.4, 0.5) is 0 Å². The molecule has 3 rings (SSSR count). The monoisotopic (exact) mass is 424 g/mol. The first kappa shape index (κ1) is 22.3. The Morgan fingerprint density at radius 1 is 1.00 bits per heavy atom. The van der Waals surface area contributed by atoms with E-state index in [0.29, 0.717) is 0 Å².